The number of nitrogens with zero attached hydrogens (tertiary/aromatic N) is 2. The van der Waals surface area contributed by atoms with Crippen LogP contribution in [0.4, 0.5) is 11.4 Å². The van der Waals surface area contributed by atoms with Crippen molar-refractivity contribution in [2.45, 2.75) is 20.3 Å². The van der Waals surface area contributed by atoms with E-state index in [4.69, 9.17) is 41.6 Å². The first-order valence-corrected chi connectivity index (χ1v) is 7.64. The van der Waals surface area contributed by atoms with Gasteiger partial charge in [-0.3, -0.25) is 25.0 Å². The largest absolute Gasteiger partial charge is 0.389 e. The van der Waals surface area contributed by atoms with Crippen LogP contribution in [0.1, 0.15) is 40.9 Å². The zero-order valence-electron chi connectivity index (χ0n) is 13.3. The van der Waals surface area contributed by atoms with E-state index in [1.54, 1.807) is 13.8 Å². The van der Waals surface area contributed by atoms with E-state index in [9.17, 15) is 25.0 Å². The number of carbonyl (C=O) groups excluding carboxylic acids is 1. The van der Waals surface area contributed by atoms with Crippen molar-refractivity contribution >= 4 is 51.7 Å². The van der Waals surface area contributed by atoms with Crippen LogP contribution in [0.2, 0.25) is 0 Å². The van der Waals surface area contributed by atoms with Crippen LogP contribution in [-0.4, -0.2) is 25.7 Å². The van der Waals surface area contributed by atoms with Gasteiger partial charge in [0.2, 0.25) is 0 Å². The first-order chi connectivity index (χ1) is 11.4. The number of hydrogen-bond donors (Lipinski definition) is 3. The van der Waals surface area contributed by atoms with Gasteiger partial charge >= 0.3 is 0 Å². The lowest BCUT2D eigenvalue weighted by atomic mass is 9.88. The fourth-order valence-corrected chi connectivity index (χ4v) is 2.90. The minimum absolute atomic E-state index is 0.0586. The molecule has 0 aromatic heterocycles. The lowest BCUT2D eigenvalue weighted by Gasteiger charge is -2.16. The van der Waals surface area contributed by atoms with Crippen molar-refractivity contribution in [3.63, 3.8) is 0 Å². The lowest BCUT2D eigenvalue weighted by Crippen LogP contribution is -2.29. The number of benzene rings is 1. The van der Waals surface area contributed by atoms with Crippen molar-refractivity contribution in [3.05, 3.63) is 42.5 Å². The van der Waals surface area contributed by atoms with E-state index in [-0.39, 0.29) is 17.9 Å². The predicted octanol–water partition coefficient (Wildman–Crippen LogP) is 1.07. The van der Waals surface area contributed by atoms with E-state index in [0.717, 1.165) is 0 Å². The van der Waals surface area contributed by atoms with Crippen molar-refractivity contribution in [1.29, 1.82) is 0 Å². The molecule has 25 heavy (non-hydrogen) atoms. The van der Waals surface area contributed by atoms with E-state index in [0.29, 0.717) is 0 Å². The van der Waals surface area contributed by atoms with Crippen LogP contribution in [0.3, 0.4) is 0 Å². The molecule has 1 rings (SSSR count). The van der Waals surface area contributed by atoms with Crippen molar-refractivity contribution in [2.24, 2.45) is 23.1 Å². The summed E-state index contributed by atoms with van der Waals surface area (Å²) in [5.74, 6) is -1.41. The summed E-state index contributed by atoms with van der Waals surface area (Å²) in [4.78, 5) is 32.3. The maximum atomic E-state index is 11.9. The molecule has 0 atom stereocenters. The lowest BCUT2D eigenvalue weighted by molar-refractivity contribution is -0.395. The van der Waals surface area contributed by atoms with Crippen LogP contribution >= 0.6 is 24.4 Å². The van der Waals surface area contributed by atoms with Crippen LogP contribution in [-0.2, 0) is 6.42 Å². The zero-order valence-corrected chi connectivity index (χ0v) is 14.9. The van der Waals surface area contributed by atoms with E-state index < -0.39 is 53.8 Å². The van der Waals surface area contributed by atoms with Crippen LogP contribution in [0.25, 0.3) is 0 Å². The number of rotatable bonds is 7. The maximum Gasteiger partial charge on any atom is 0.290 e. The molecular weight excluding hydrogens is 370 g/mol. The number of nitro groups is 2. The highest BCUT2D eigenvalue weighted by molar-refractivity contribution is 7.81. The Bertz CT molecular complexity index is 769. The van der Waals surface area contributed by atoms with Gasteiger partial charge in [-0.15, -0.1) is 0 Å². The summed E-state index contributed by atoms with van der Waals surface area (Å²) >= 11 is 9.63. The summed E-state index contributed by atoms with van der Waals surface area (Å²) in [6.07, 6.45) is -0.0586. The van der Waals surface area contributed by atoms with Crippen molar-refractivity contribution in [3.8, 4) is 0 Å². The summed E-state index contributed by atoms with van der Waals surface area (Å²) in [6, 6.07) is 0. The van der Waals surface area contributed by atoms with Gasteiger partial charge in [-0.25, -0.2) is 0 Å². The van der Waals surface area contributed by atoms with Gasteiger partial charge in [-0.2, -0.15) is 0 Å². The topological polar surface area (TPSA) is 181 Å². The van der Waals surface area contributed by atoms with E-state index >= 15 is 0 Å². The first kappa shape index (κ1) is 20.3. The summed E-state index contributed by atoms with van der Waals surface area (Å²) in [7, 11) is 0. The fraction of sp³-hybridized carbons (Fsp3) is 0.308. The molecule has 0 fully saturated rings. The third-order valence-electron chi connectivity index (χ3n) is 3.26. The van der Waals surface area contributed by atoms with Gasteiger partial charge in [0.15, 0.2) is 0 Å². The molecule has 12 heteroatoms. The second kappa shape index (κ2) is 7.44. The molecule has 1 aromatic carbocycles. The normalized spacial score (nSPS) is 10.5. The van der Waals surface area contributed by atoms with Gasteiger partial charge in [-0.05, 0) is 12.3 Å². The highest BCUT2D eigenvalue weighted by Gasteiger charge is 2.40. The van der Waals surface area contributed by atoms with E-state index in [1.807, 2.05) is 0 Å². The molecule has 0 spiro atoms. The summed E-state index contributed by atoms with van der Waals surface area (Å²) in [5, 5.41) is 23.2. The molecule has 0 saturated carbocycles. The Morgan fingerprint density at radius 1 is 0.960 bits per heavy atom. The van der Waals surface area contributed by atoms with Gasteiger partial charge in [0, 0.05) is 0 Å². The molecule has 1 amide bonds. The third kappa shape index (κ3) is 3.85. The van der Waals surface area contributed by atoms with E-state index in [2.05, 4.69) is 0 Å². The molecule has 0 aliphatic rings. The van der Waals surface area contributed by atoms with Crippen LogP contribution < -0.4 is 17.2 Å². The quantitative estimate of drug-likeness (QED) is 0.351. The van der Waals surface area contributed by atoms with Crippen molar-refractivity contribution in [1.82, 2.24) is 0 Å². The molecular formula is C13H15N5O5S2. The molecule has 0 bridgehead atoms. The monoisotopic (exact) mass is 385 g/mol. The Morgan fingerprint density at radius 2 is 1.32 bits per heavy atom. The molecule has 10 nitrogen and oxygen atoms in total. The van der Waals surface area contributed by atoms with Crippen LogP contribution in [0.5, 0.6) is 0 Å². The smallest absolute Gasteiger partial charge is 0.290 e. The number of hydrogen-bond acceptors (Lipinski definition) is 7. The van der Waals surface area contributed by atoms with Gasteiger partial charge in [0.25, 0.3) is 17.3 Å². The van der Waals surface area contributed by atoms with Gasteiger partial charge in [-0.1, -0.05) is 38.3 Å². The number of carbonyl (C=O) groups is 1. The maximum absolute atomic E-state index is 11.9. The number of primary amides is 1. The molecule has 134 valence electrons. The Kier molecular flexibility index (Phi) is 6.05. The average Bonchev–Trinajstić information content (AvgIpc) is 2.43. The second-order valence-electron chi connectivity index (χ2n) is 5.51. The Labute approximate surface area is 152 Å². The fourth-order valence-electron chi connectivity index (χ4n) is 2.51. The van der Waals surface area contributed by atoms with Crippen molar-refractivity contribution in [2.75, 3.05) is 0 Å². The summed E-state index contributed by atoms with van der Waals surface area (Å²) in [6.45, 7) is 3.41. The zero-order chi connectivity index (χ0) is 19.6. The van der Waals surface area contributed by atoms with Gasteiger partial charge < -0.3 is 17.2 Å². The van der Waals surface area contributed by atoms with Crippen LogP contribution in [0, 0.1) is 26.1 Å². The molecule has 6 N–H and O–H groups in total. The van der Waals surface area contributed by atoms with Crippen molar-refractivity contribution < 1.29 is 14.6 Å². The highest BCUT2D eigenvalue weighted by atomic mass is 32.1. The molecule has 0 heterocycles. The molecule has 1 aromatic rings. The van der Waals surface area contributed by atoms with Crippen LogP contribution in [0.15, 0.2) is 0 Å². The minimum atomic E-state index is -1.21. The predicted molar refractivity (Wildman–Crippen MR) is 98.6 cm³/mol. The Morgan fingerprint density at radius 3 is 1.52 bits per heavy atom. The molecule has 0 unspecified atom stereocenters. The van der Waals surface area contributed by atoms with Gasteiger partial charge in [0.1, 0.15) is 26.7 Å². The minimum Gasteiger partial charge on any atom is -0.389 e. The molecule has 0 saturated heterocycles. The van der Waals surface area contributed by atoms with E-state index in [1.165, 1.54) is 0 Å². The number of amides is 1. The summed E-state index contributed by atoms with van der Waals surface area (Å²) < 4.78 is 0. The number of thiocarbonyl (C=S) groups is 2. The molecule has 0 aliphatic heterocycles. The Hall–Kier alpha value is -2.73. The highest BCUT2D eigenvalue weighted by Crippen LogP contribution is 2.40. The SMILES string of the molecule is CC(C)Cc1c([N+](=O)[O-])c(C(N)=S)c(C(N)=O)c(C(N)=S)c1[N+](=O)[O-]. The molecule has 0 aliphatic carbocycles. The van der Waals surface area contributed by atoms with Gasteiger partial charge in [0.05, 0.1) is 15.4 Å². The first-order valence-electron chi connectivity index (χ1n) is 6.82. The molecule has 0 radical (unpaired) electrons. The average molecular weight is 385 g/mol. The third-order valence-corrected chi connectivity index (χ3v) is 3.67. The summed E-state index contributed by atoms with van der Waals surface area (Å²) in [5.41, 5.74) is 13.1. The Balaban J connectivity index is 4.37. The number of nitrogens with two attached hydrogens (primary N) is 3. The second-order valence-corrected chi connectivity index (χ2v) is 6.39. The standard InChI is InChI=1S/C13H15N5O5S2/c1-4(2)3-5-9(17(20)21)7(12(15)24)6(11(14)19)8(13(16)25)10(5)18(22)23/h4H,3H2,1-2H3,(H2,14,19)(H2,15,24)(H2,16,25). The number of nitro benzene ring substituents is 2.